The highest BCUT2D eigenvalue weighted by Crippen LogP contribution is 2.38. The number of nitrogens with one attached hydrogen (secondary N) is 1. The third-order valence-electron chi connectivity index (χ3n) is 3.43. The van der Waals surface area contributed by atoms with E-state index in [4.69, 9.17) is 0 Å². The van der Waals surface area contributed by atoms with Crippen molar-refractivity contribution >= 4 is 44.2 Å². The van der Waals surface area contributed by atoms with Gasteiger partial charge in [0.05, 0.1) is 11.7 Å². The number of benzene rings is 2. The summed E-state index contributed by atoms with van der Waals surface area (Å²) in [6, 6.07) is 11.3. The second kappa shape index (κ2) is 5.40. The van der Waals surface area contributed by atoms with Crippen LogP contribution in [0.25, 0.3) is 0 Å². The molecule has 2 aromatic rings. The van der Waals surface area contributed by atoms with E-state index in [0.29, 0.717) is 0 Å². The minimum absolute atomic E-state index is 0.185. The number of aryl methyl sites for hydroxylation is 1. The summed E-state index contributed by atoms with van der Waals surface area (Å²) >= 11 is 5.95. The maximum absolute atomic E-state index is 13.0. The van der Waals surface area contributed by atoms with Gasteiger partial charge in [-0.3, -0.25) is 0 Å². The van der Waals surface area contributed by atoms with Gasteiger partial charge in [0.15, 0.2) is 0 Å². The van der Waals surface area contributed by atoms with Gasteiger partial charge in [0.2, 0.25) is 0 Å². The van der Waals surface area contributed by atoms with E-state index < -0.39 is 0 Å². The van der Waals surface area contributed by atoms with Crippen LogP contribution in [0.2, 0.25) is 0 Å². The molecule has 1 unspecified atom stereocenters. The van der Waals surface area contributed by atoms with Crippen molar-refractivity contribution < 1.29 is 4.39 Å². The van der Waals surface area contributed by atoms with Gasteiger partial charge in [-0.25, -0.2) is 4.39 Å². The molecular formula is C15H12BrFIN. The van der Waals surface area contributed by atoms with E-state index in [1.807, 2.05) is 12.1 Å². The number of anilines is 1. The van der Waals surface area contributed by atoms with Crippen molar-refractivity contribution in [3.63, 3.8) is 0 Å². The van der Waals surface area contributed by atoms with Crippen molar-refractivity contribution in [2.45, 2.75) is 18.9 Å². The first-order valence-electron chi connectivity index (χ1n) is 6.13. The van der Waals surface area contributed by atoms with E-state index in [0.717, 1.165) is 22.9 Å². The van der Waals surface area contributed by atoms with Crippen LogP contribution in [0.3, 0.4) is 0 Å². The predicted molar refractivity (Wildman–Crippen MR) is 87.9 cm³/mol. The van der Waals surface area contributed by atoms with E-state index in [2.05, 4.69) is 56.0 Å². The smallest absolute Gasteiger partial charge is 0.123 e. The molecule has 1 atom stereocenters. The normalized spacial score (nSPS) is 17.7. The van der Waals surface area contributed by atoms with Gasteiger partial charge in [-0.05, 0) is 86.8 Å². The van der Waals surface area contributed by atoms with Crippen molar-refractivity contribution in [3.05, 3.63) is 61.4 Å². The summed E-state index contributed by atoms with van der Waals surface area (Å²) in [4.78, 5) is 0. The highest BCUT2D eigenvalue weighted by atomic mass is 127. The first-order valence-corrected chi connectivity index (χ1v) is 8.00. The Morgan fingerprint density at radius 2 is 1.95 bits per heavy atom. The monoisotopic (exact) mass is 431 g/mol. The van der Waals surface area contributed by atoms with Crippen molar-refractivity contribution in [3.8, 4) is 0 Å². The Balaban J connectivity index is 1.92. The molecule has 4 heteroatoms. The highest BCUT2D eigenvalue weighted by molar-refractivity contribution is 14.1. The van der Waals surface area contributed by atoms with Crippen LogP contribution in [0.1, 0.15) is 23.6 Å². The van der Waals surface area contributed by atoms with Gasteiger partial charge in [-0.2, -0.15) is 0 Å². The van der Waals surface area contributed by atoms with Gasteiger partial charge < -0.3 is 5.32 Å². The van der Waals surface area contributed by atoms with Crippen molar-refractivity contribution in [2.75, 3.05) is 5.32 Å². The molecule has 0 amide bonds. The van der Waals surface area contributed by atoms with E-state index in [1.165, 1.54) is 27.0 Å². The number of halogens is 3. The van der Waals surface area contributed by atoms with Crippen LogP contribution < -0.4 is 5.32 Å². The molecule has 0 aromatic heterocycles. The van der Waals surface area contributed by atoms with Gasteiger partial charge in [-0.15, -0.1) is 0 Å². The van der Waals surface area contributed by atoms with Gasteiger partial charge >= 0.3 is 0 Å². The molecule has 1 nitrogen and oxygen atoms in total. The molecule has 1 aliphatic rings. The zero-order chi connectivity index (χ0) is 13.4. The lowest BCUT2D eigenvalue weighted by Gasteiger charge is -2.28. The Morgan fingerprint density at radius 3 is 2.68 bits per heavy atom. The number of hydrogen-bond donors (Lipinski definition) is 1. The molecule has 0 bridgehead atoms. The number of fused-ring (bicyclic) bond motifs is 1. The van der Waals surface area contributed by atoms with E-state index >= 15 is 0 Å². The van der Waals surface area contributed by atoms with Crippen LogP contribution in [-0.2, 0) is 6.42 Å². The minimum atomic E-state index is -0.185. The molecule has 1 heterocycles. The Hall–Kier alpha value is -0.620. The SMILES string of the molecule is Fc1ccc(C2CCc3cc(I)cc(Br)c3N2)cc1. The third-order valence-corrected chi connectivity index (χ3v) is 4.68. The average Bonchev–Trinajstić information content (AvgIpc) is 2.39. The maximum Gasteiger partial charge on any atom is 0.123 e. The van der Waals surface area contributed by atoms with Crippen molar-refractivity contribution in [1.29, 1.82) is 0 Å². The van der Waals surface area contributed by atoms with E-state index in [9.17, 15) is 4.39 Å². The first-order chi connectivity index (χ1) is 9.13. The fourth-order valence-corrected chi connectivity index (χ4v) is 4.21. The van der Waals surface area contributed by atoms with Crippen molar-refractivity contribution in [1.82, 2.24) is 0 Å². The molecule has 0 saturated heterocycles. The summed E-state index contributed by atoms with van der Waals surface area (Å²) in [5.74, 6) is -0.185. The molecule has 0 fully saturated rings. The molecule has 1 N–H and O–H groups in total. The van der Waals surface area contributed by atoms with Crippen LogP contribution in [0.4, 0.5) is 10.1 Å². The first kappa shape index (κ1) is 13.4. The Labute approximate surface area is 133 Å². The standard InChI is InChI=1S/C15H12BrFIN/c16-13-8-12(18)7-10-3-6-14(19-15(10)13)9-1-4-11(17)5-2-9/h1-2,4-5,7-8,14,19H,3,6H2. The summed E-state index contributed by atoms with van der Waals surface area (Å²) in [6.45, 7) is 0. The van der Waals surface area contributed by atoms with Crippen LogP contribution in [0.5, 0.6) is 0 Å². The lowest BCUT2D eigenvalue weighted by atomic mass is 9.93. The summed E-state index contributed by atoms with van der Waals surface area (Å²) in [5.41, 5.74) is 3.65. The Bertz CT molecular complexity index is 612. The molecule has 3 rings (SSSR count). The molecule has 19 heavy (non-hydrogen) atoms. The predicted octanol–water partition coefficient (Wildman–Crippen LogP) is 5.29. The van der Waals surface area contributed by atoms with Gasteiger partial charge in [0, 0.05) is 8.04 Å². The number of hydrogen-bond acceptors (Lipinski definition) is 1. The average molecular weight is 432 g/mol. The van der Waals surface area contributed by atoms with Gasteiger partial charge in [0.1, 0.15) is 5.82 Å². The van der Waals surface area contributed by atoms with Crippen LogP contribution in [0.15, 0.2) is 40.9 Å². The van der Waals surface area contributed by atoms with E-state index in [1.54, 1.807) is 0 Å². The number of rotatable bonds is 1. The molecule has 0 aliphatic carbocycles. The Morgan fingerprint density at radius 1 is 1.21 bits per heavy atom. The van der Waals surface area contributed by atoms with Gasteiger partial charge in [0.25, 0.3) is 0 Å². The second-order valence-corrected chi connectivity index (χ2v) is 6.81. The third kappa shape index (κ3) is 2.79. The largest absolute Gasteiger partial charge is 0.377 e. The lowest BCUT2D eigenvalue weighted by Crippen LogP contribution is -2.18. The Kier molecular flexibility index (Phi) is 3.80. The maximum atomic E-state index is 13.0. The van der Waals surface area contributed by atoms with E-state index in [-0.39, 0.29) is 11.9 Å². The summed E-state index contributed by atoms with van der Waals surface area (Å²) in [5, 5.41) is 3.56. The van der Waals surface area contributed by atoms with Crippen LogP contribution in [-0.4, -0.2) is 0 Å². The highest BCUT2D eigenvalue weighted by Gasteiger charge is 2.21. The molecule has 0 radical (unpaired) electrons. The lowest BCUT2D eigenvalue weighted by molar-refractivity contribution is 0.622. The molecular weight excluding hydrogens is 420 g/mol. The second-order valence-electron chi connectivity index (χ2n) is 4.71. The minimum Gasteiger partial charge on any atom is -0.377 e. The van der Waals surface area contributed by atoms with Gasteiger partial charge in [-0.1, -0.05) is 12.1 Å². The molecule has 98 valence electrons. The molecule has 0 spiro atoms. The molecule has 0 saturated carbocycles. The zero-order valence-corrected chi connectivity index (χ0v) is 13.8. The summed E-state index contributed by atoms with van der Waals surface area (Å²) < 4.78 is 15.3. The topological polar surface area (TPSA) is 12.0 Å². The van der Waals surface area contributed by atoms with Crippen LogP contribution in [0, 0.1) is 9.39 Å². The fourth-order valence-electron chi connectivity index (χ4n) is 2.48. The molecule has 1 aliphatic heterocycles. The van der Waals surface area contributed by atoms with Crippen molar-refractivity contribution in [2.24, 2.45) is 0 Å². The quantitative estimate of drug-likeness (QED) is 0.604. The zero-order valence-electron chi connectivity index (χ0n) is 10.1. The van der Waals surface area contributed by atoms with Crippen LogP contribution >= 0.6 is 38.5 Å². The summed E-state index contributed by atoms with van der Waals surface area (Å²) in [7, 11) is 0. The fraction of sp³-hybridized carbons (Fsp3) is 0.200. The summed E-state index contributed by atoms with van der Waals surface area (Å²) in [6.07, 6.45) is 2.07. The molecule has 2 aromatic carbocycles.